The van der Waals surface area contributed by atoms with Crippen LogP contribution in [0.5, 0.6) is 5.75 Å². The van der Waals surface area contributed by atoms with Crippen molar-refractivity contribution in [1.29, 1.82) is 0 Å². The predicted octanol–water partition coefficient (Wildman–Crippen LogP) is 7.04. The van der Waals surface area contributed by atoms with Gasteiger partial charge in [-0.3, -0.25) is 14.5 Å². The van der Waals surface area contributed by atoms with Gasteiger partial charge in [0.15, 0.2) is 17.3 Å². The number of aromatic nitrogens is 5. The van der Waals surface area contributed by atoms with Crippen LogP contribution in [0.15, 0.2) is 48.7 Å². The number of nitrogens with one attached hydrogen (secondary N) is 2. The molecule has 4 aromatic rings. The molecule has 268 valence electrons. The topological polar surface area (TPSA) is 136 Å². The van der Waals surface area contributed by atoms with Crippen molar-refractivity contribution in [2.45, 2.75) is 96.6 Å². The lowest BCUT2D eigenvalue weighted by molar-refractivity contribution is 0.0963. The minimum atomic E-state index is -0.395. The highest BCUT2D eigenvalue weighted by Gasteiger charge is 2.30. The smallest absolute Gasteiger partial charge is 0.320 e. The Bertz CT molecular complexity index is 1760. The van der Waals surface area contributed by atoms with Crippen LogP contribution in [0, 0.1) is 0 Å². The summed E-state index contributed by atoms with van der Waals surface area (Å²) in [6, 6.07) is 13.1. The molecule has 50 heavy (non-hydrogen) atoms. The second kappa shape index (κ2) is 16.5. The third kappa shape index (κ3) is 9.02. The van der Waals surface area contributed by atoms with Crippen LogP contribution in [0.2, 0.25) is 0 Å². The number of benzene rings is 1. The number of Topliss-reactive ketones (excluding diaryl/α,β-unsaturated/α-hetero) is 1. The van der Waals surface area contributed by atoms with E-state index in [-0.39, 0.29) is 29.2 Å². The molecule has 2 N–H and O–H groups in total. The van der Waals surface area contributed by atoms with Gasteiger partial charge in [0.25, 0.3) is 0 Å². The van der Waals surface area contributed by atoms with Crippen molar-refractivity contribution in [1.82, 2.24) is 34.8 Å². The zero-order valence-corrected chi connectivity index (χ0v) is 30.5. The van der Waals surface area contributed by atoms with Crippen LogP contribution in [0.3, 0.4) is 0 Å². The van der Waals surface area contributed by atoms with Gasteiger partial charge in [-0.05, 0) is 69.0 Å². The number of anilines is 1. The Labute approximate surface area is 295 Å². The first-order valence-corrected chi connectivity index (χ1v) is 17.8. The molecule has 1 aliphatic rings. The zero-order valence-electron chi connectivity index (χ0n) is 30.5. The fourth-order valence-corrected chi connectivity index (χ4v) is 6.39. The fourth-order valence-electron chi connectivity index (χ4n) is 6.39. The van der Waals surface area contributed by atoms with Crippen molar-refractivity contribution >= 4 is 23.3 Å². The Kier molecular flexibility index (Phi) is 12.2. The van der Waals surface area contributed by atoms with Crippen molar-refractivity contribution in [3.05, 3.63) is 77.1 Å². The van der Waals surface area contributed by atoms with Crippen LogP contribution in [-0.4, -0.2) is 75.1 Å². The van der Waals surface area contributed by atoms with E-state index in [1.165, 1.54) is 0 Å². The summed E-state index contributed by atoms with van der Waals surface area (Å²) in [5.74, 6) is 2.28. The number of methoxy groups -OCH3 is 1. The van der Waals surface area contributed by atoms with Crippen LogP contribution in [0.4, 0.5) is 10.6 Å². The maximum atomic E-state index is 13.4. The molecular weight excluding hydrogens is 632 g/mol. The van der Waals surface area contributed by atoms with Gasteiger partial charge in [0.1, 0.15) is 23.5 Å². The highest BCUT2D eigenvalue weighted by atomic mass is 16.5. The molecule has 12 nitrogen and oxygen atoms in total. The number of ether oxygens (including phenoxy) is 2. The first kappa shape index (κ1) is 36.9. The van der Waals surface area contributed by atoms with E-state index in [2.05, 4.69) is 55.6 Å². The van der Waals surface area contributed by atoms with Crippen molar-refractivity contribution in [3.63, 3.8) is 0 Å². The number of fused-ring (bicyclic) bond motifs is 2. The Hall–Kier alpha value is -4.42. The van der Waals surface area contributed by atoms with E-state index in [1.54, 1.807) is 13.2 Å². The molecule has 0 fully saturated rings. The average molecular weight is 685 g/mol. The molecular formula is C38H52N8O4. The zero-order chi connectivity index (χ0) is 35.8. The highest BCUT2D eigenvalue weighted by molar-refractivity contribution is 5.94. The highest BCUT2D eigenvalue weighted by Crippen LogP contribution is 2.39. The standard InChI is InChI=1S/C38H52N8O4/c1-8-25(9-2)36-44-43-34-19-16-26(24-46(34)36)50-31-18-17-29(27-13-10-11-14-28(27)31)39-37(48)42-33-23-32(38(3,4)5)40-35(41-33)30(47)15-12-20-45(6)21-22-49-7/h10-11,13-14,16,19,23-25,29,31H,8-9,12,15,17-18,20-22H2,1-7H3,(H2,39,40,41,42,48)/t29-,31+/m0/s1. The lowest BCUT2D eigenvalue weighted by Gasteiger charge is -2.32. The number of carbonyl (C=O) groups excluding carboxylic acids is 2. The molecule has 12 heteroatoms. The summed E-state index contributed by atoms with van der Waals surface area (Å²) in [5, 5.41) is 14.9. The van der Waals surface area contributed by atoms with E-state index < -0.39 is 6.03 Å². The number of likely N-dealkylation sites (N-methyl/N-ethyl adjacent to an activating group) is 1. The molecule has 0 saturated heterocycles. The van der Waals surface area contributed by atoms with Crippen LogP contribution in [-0.2, 0) is 10.2 Å². The first-order chi connectivity index (χ1) is 24.0. The number of carbonyl (C=O) groups is 2. The predicted molar refractivity (Wildman–Crippen MR) is 194 cm³/mol. The molecule has 0 unspecified atom stereocenters. The minimum Gasteiger partial charge on any atom is -0.484 e. The van der Waals surface area contributed by atoms with E-state index in [9.17, 15) is 9.59 Å². The van der Waals surface area contributed by atoms with Gasteiger partial charge in [-0.2, -0.15) is 0 Å². The third-order valence-corrected chi connectivity index (χ3v) is 9.38. The van der Waals surface area contributed by atoms with Crippen molar-refractivity contribution in [3.8, 4) is 5.75 Å². The first-order valence-electron chi connectivity index (χ1n) is 17.8. The molecule has 2 amide bonds. The maximum absolute atomic E-state index is 13.4. The van der Waals surface area contributed by atoms with Crippen molar-refractivity contribution in [2.75, 3.05) is 39.2 Å². The normalized spacial score (nSPS) is 16.1. The molecule has 0 aliphatic heterocycles. The van der Waals surface area contributed by atoms with E-state index in [1.807, 2.05) is 68.7 Å². The van der Waals surface area contributed by atoms with Gasteiger partial charge in [0.05, 0.1) is 24.5 Å². The number of pyridine rings is 1. The monoisotopic (exact) mass is 684 g/mol. The van der Waals surface area contributed by atoms with Gasteiger partial charge in [-0.15, -0.1) is 10.2 Å². The molecule has 3 aromatic heterocycles. The van der Waals surface area contributed by atoms with E-state index in [0.29, 0.717) is 49.7 Å². The molecule has 0 bridgehead atoms. The van der Waals surface area contributed by atoms with Crippen LogP contribution in [0.1, 0.15) is 124 Å². The molecule has 1 aromatic carbocycles. The number of ketones is 1. The Morgan fingerprint density at radius 3 is 2.50 bits per heavy atom. The van der Waals surface area contributed by atoms with Gasteiger partial charge in [-0.25, -0.2) is 14.8 Å². The molecule has 0 radical (unpaired) electrons. The average Bonchev–Trinajstić information content (AvgIpc) is 3.51. The molecule has 1 aliphatic carbocycles. The van der Waals surface area contributed by atoms with Crippen LogP contribution in [0.25, 0.3) is 5.65 Å². The molecule has 2 atom stereocenters. The van der Waals surface area contributed by atoms with E-state index >= 15 is 0 Å². The number of nitrogens with zero attached hydrogens (tertiary/aromatic N) is 6. The van der Waals surface area contributed by atoms with Crippen molar-refractivity contribution < 1.29 is 19.1 Å². The van der Waals surface area contributed by atoms with Gasteiger partial charge in [0, 0.05) is 37.5 Å². The van der Waals surface area contributed by atoms with Crippen LogP contribution >= 0.6 is 0 Å². The van der Waals surface area contributed by atoms with E-state index in [0.717, 1.165) is 54.3 Å². The summed E-state index contributed by atoms with van der Waals surface area (Å²) in [6.45, 7) is 12.6. The molecule has 5 rings (SSSR count). The number of urea groups is 1. The second-order valence-corrected chi connectivity index (χ2v) is 14.2. The largest absolute Gasteiger partial charge is 0.484 e. The lowest BCUT2D eigenvalue weighted by Crippen LogP contribution is -2.36. The third-order valence-electron chi connectivity index (χ3n) is 9.38. The summed E-state index contributed by atoms with van der Waals surface area (Å²) in [6.07, 6.45) is 6.16. The Morgan fingerprint density at radius 1 is 1.02 bits per heavy atom. The molecule has 0 spiro atoms. The number of hydrogen-bond acceptors (Lipinski definition) is 9. The van der Waals surface area contributed by atoms with Gasteiger partial charge in [0.2, 0.25) is 0 Å². The lowest BCUT2D eigenvalue weighted by atomic mass is 9.85. The van der Waals surface area contributed by atoms with Crippen molar-refractivity contribution in [2.24, 2.45) is 0 Å². The summed E-state index contributed by atoms with van der Waals surface area (Å²) in [5.41, 5.74) is 3.17. The molecule has 0 saturated carbocycles. The number of amides is 2. The SMILES string of the molecule is CCC(CC)c1nnc2ccc(O[C@@H]3CC[C@H](NC(=O)Nc4cc(C(C)(C)C)nc(C(=O)CCCN(C)CCOC)n4)c4ccccc43)cn12. The van der Waals surface area contributed by atoms with Gasteiger partial charge >= 0.3 is 6.03 Å². The fraction of sp³-hybridized carbons (Fsp3) is 0.526. The summed E-state index contributed by atoms with van der Waals surface area (Å²) >= 11 is 0. The van der Waals surface area contributed by atoms with Gasteiger partial charge < -0.3 is 19.7 Å². The minimum absolute atomic E-state index is 0.118. The summed E-state index contributed by atoms with van der Waals surface area (Å²) < 4.78 is 13.8. The quantitative estimate of drug-likeness (QED) is 0.126. The summed E-state index contributed by atoms with van der Waals surface area (Å²) in [4.78, 5) is 37.8. The Morgan fingerprint density at radius 2 is 1.78 bits per heavy atom. The van der Waals surface area contributed by atoms with E-state index in [4.69, 9.17) is 9.47 Å². The maximum Gasteiger partial charge on any atom is 0.320 e. The van der Waals surface area contributed by atoms with Gasteiger partial charge in [-0.1, -0.05) is 58.9 Å². The number of hydrogen-bond donors (Lipinski definition) is 2. The second-order valence-electron chi connectivity index (χ2n) is 14.2. The summed E-state index contributed by atoms with van der Waals surface area (Å²) in [7, 11) is 3.68. The number of rotatable bonds is 15. The van der Waals surface area contributed by atoms with Crippen LogP contribution < -0.4 is 15.4 Å². The molecule has 3 heterocycles. The Balaban J connectivity index is 1.27.